The summed E-state index contributed by atoms with van der Waals surface area (Å²) >= 11 is 1.50. The molecule has 2 atom stereocenters. The van der Waals surface area contributed by atoms with Gasteiger partial charge in [0.05, 0.1) is 17.8 Å². The Morgan fingerprint density at radius 1 is 1.43 bits per heavy atom. The molecule has 2 aromatic heterocycles. The number of hydrogen-bond acceptors (Lipinski definition) is 5. The molecule has 0 unspecified atom stereocenters. The Kier molecular flexibility index (Phi) is 4.46. The maximum absolute atomic E-state index is 12.6. The molecule has 0 N–H and O–H groups in total. The van der Waals surface area contributed by atoms with Crippen molar-refractivity contribution >= 4 is 27.5 Å². The van der Waals surface area contributed by atoms with E-state index in [-0.39, 0.29) is 11.7 Å². The van der Waals surface area contributed by atoms with Crippen LogP contribution in [0.3, 0.4) is 0 Å². The second-order valence-electron chi connectivity index (χ2n) is 5.25. The molecule has 2 aromatic rings. The van der Waals surface area contributed by atoms with Crippen molar-refractivity contribution in [1.29, 1.82) is 0 Å². The van der Waals surface area contributed by atoms with Crippen LogP contribution in [0.15, 0.2) is 11.1 Å². The van der Waals surface area contributed by atoms with Gasteiger partial charge in [0.2, 0.25) is 0 Å². The van der Waals surface area contributed by atoms with Crippen LogP contribution in [0.25, 0.3) is 10.2 Å². The Morgan fingerprint density at radius 3 is 2.71 bits per heavy atom. The number of fused-ring (bicyclic) bond motifs is 1. The summed E-state index contributed by atoms with van der Waals surface area (Å²) in [7, 11) is 0. The molecule has 0 aliphatic carbocycles. The van der Waals surface area contributed by atoms with Gasteiger partial charge in [-0.15, -0.1) is 11.3 Å². The molecular weight excluding hydrogens is 288 g/mol. The van der Waals surface area contributed by atoms with Crippen molar-refractivity contribution in [2.45, 2.75) is 53.2 Å². The Morgan fingerprint density at radius 2 is 2.10 bits per heavy atom. The van der Waals surface area contributed by atoms with Crippen molar-refractivity contribution < 1.29 is 9.53 Å². The van der Waals surface area contributed by atoms with Crippen molar-refractivity contribution in [1.82, 2.24) is 9.55 Å². The van der Waals surface area contributed by atoms with Crippen molar-refractivity contribution in [2.75, 3.05) is 0 Å². The fourth-order valence-corrected chi connectivity index (χ4v) is 3.00. The normalized spacial score (nSPS) is 14.1. The van der Waals surface area contributed by atoms with Crippen LogP contribution in [0.5, 0.6) is 0 Å². The van der Waals surface area contributed by atoms with E-state index in [0.717, 1.165) is 16.9 Å². The highest BCUT2D eigenvalue weighted by atomic mass is 32.1. The maximum atomic E-state index is 12.6. The number of carbonyl (C=O) groups excluding carboxylic acids is 1. The van der Waals surface area contributed by atoms with Crippen molar-refractivity contribution in [3.8, 4) is 0 Å². The average Bonchev–Trinajstić information content (AvgIpc) is 2.74. The molecule has 2 rings (SSSR count). The van der Waals surface area contributed by atoms with Crippen LogP contribution in [0.4, 0.5) is 0 Å². The molecule has 0 radical (unpaired) electrons. The molecule has 0 aliphatic rings. The highest BCUT2D eigenvalue weighted by molar-refractivity contribution is 7.18. The first-order chi connectivity index (χ1) is 9.86. The first-order valence-electron chi connectivity index (χ1n) is 7.04. The predicted molar refractivity (Wildman–Crippen MR) is 83.9 cm³/mol. The third-order valence-electron chi connectivity index (χ3n) is 3.77. The monoisotopic (exact) mass is 308 g/mol. The van der Waals surface area contributed by atoms with Crippen molar-refractivity contribution in [3.63, 3.8) is 0 Å². The molecule has 0 saturated heterocycles. The summed E-state index contributed by atoms with van der Waals surface area (Å²) in [6, 6.07) is -0.678. The number of aromatic nitrogens is 2. The van der Waals surface area contributed by atoms with Gasteiger partial charge in [-0.2, -0.15) is 0 Å². The van der Waals surface area contributed by atoms with E-state index >= 15 is 0 Å². The van der Waals surface area contributed by atoms with E-state index in [1.807, 2.05) is 27.7 Å². The number of rotatable bonds is 4. The first kappa shape index (κ1) is 15.7. The van der Waals surface area contributed by atoms with Crippen LogP contribution in [0, 0.1) is 13.8 Å². The van der Waals surface area contributed by atoms with E-state index in [4.69, 9.17) is 4.74 Å². The van der Waals surface area contributed by atoms with Crippen LogP contribution in [0.2, 0.25) is 0 Å². The van der Waals surface area contributed by atoms with Gasteiger partial charge in [0, 0.05) is 4.88 Å². The van der Waals surface area contributed by atoms with Gasteiger partial charge < -0.3 is 4.74 Å². The number of aryl methyl sites for hydroxylation is 2. The molecule has 0 amide bonds. The topological polar surface area (TPSA) is 61.2 Å². The number of nitrogens with zero attached hydrogens (tertiary/aromatic N) is 2. The van der Waals surface area contributed by atoms with E-state index < -0.39 is 12.0 Å². The molecule has 0 aromatic carbocycles. The lowest BCUT2D eigenvalue weighted by molar-refractivity contribution is -0.152. The minimum Gasteiger partial charge on any atom is -0.461 e. The van der Waals surface area contributed by atoms with Crippen LogP contribution in [0.1, 0.15) is 43.7 Å². The Bertz CT molecular complexity index is 732. The summed E-state index contributed by atoms with van der Waals surface area (Å²) in [4.78, 5) is 30.8. The van der Waals surface area contributed by atoms with Crippen LogP contribution < -0.4 is 5.56 Å². The van der Waals surface area contributed by atoms with Crippen molar-refractivity contribution in [3.05, 3.63) is 27.1 Å². The minimum absolute atomic E-state index is 0.155. The summed E-state index contributed by atoms with van der Waals surface area (Å²) in [6.45, 7) is 9.31. The standard InChI is InChI=1S/C15H20N2O3S/c1-6-8(2)20-15(19)10(4)17-7-16-13-12(14(17)18)9(3)11(5)21-13/h7-8,10H,6H2,1-5H3/t8-,10+/m1/s1. The van der Waals surface area contributed by atoms with Gasteiger partial charge in [0.25, 0.3) is 5.56 Å². The van der Waals surface area contributed by atoms with Crippen LogP contribution in [-0.2, 0) is 9.53 Å². The SMILES string of the molecule is CC[C@@H](C)OC(=O)[C@H](C)n1cnc2sc(C)c(C)c2c1=O. The molecule has 5 nitrogen and oxygen atoms in total. The minimum atomic E-state index is -0.678. The van der Waals surface area contributed by atoms with E-state index in [1.54, 1.807) is 6.92 Å². The zero-order valence-electron chi connectivity index (χ0n) is 13.0. The van der Waals surface area contributed by atoms with Gasteiger partial charge in [0.15, 0.2) is 0 Å². The maximum Gasteiger partial charge on any atom is 0.329 e. The Hall–Kier alpha value is -1.69. The lowest BCUT2D eigenvalue weighted by atomic mass is 10.2. The second kappa shape index (κ2) is 5.97. The van der Waals surface area contributed by atoms with Gasteiger partial charge in [-0.05, 0) is 39.7 Å². The third kappa shape index (κ3) is 2.85. The number of carbonyl (C=O) groups is 1. The largest absolute Gasteiger partial charge is 0.461 e. The van der Waals surface area contributed by atoms with Gasteiger partial charge in [0.1, 0.15) is 10.9 Å². The fourth-order valence-electron chi connectivity index (χ4n) is 2.02. The molecule has 0 fully saturated rings. The number of hydrogen-bond donors (Lipinski definition) is 0. The van der Waals surface area contributed by atoms with Crippen LogP contribution >= 0.6 is 11.3 Å². The molecule has 0 aliphatic heterocycles. The van der Waals surface area contributed by atoms with Gasteiger partial charge in [-0.25, -0.2) is 9.78 Å². The van der Waals surface area contributed by atoms with E-state index in [0.29, 0.717) is 10.2 Å². The number of esters is 1. The molecule has 6 heteroatoms. The first-order valence-corrected chi connectivity index (χ1v) is 7.85. The van der Waals surface area contributed by atoms with Crippen molar-refractivity contribution in [2.24, 2.45) is 0 Å². The highest BCUT2D eigenvalue weighted by Crippen LogP contribution is 2.26. The second-order valence-corrected chi connectivity index (χ2v) is 6.46. The molecule has 0 bridgehead atoms. The molecule has 21 heavy (non-hydrogen) atoms. The zero-order chi connectivity index (χ0) is 15.7. The molecule has 2 heterocycles. The number of thiophene rings is 1. The van der Waals surface area contributed by atoms with Gasteiger partial charge >= 0.3 is 5.97 Å². The highest BCUT2D eigenvalue weighted by Gasteiger charge is 2.22. The summed E-state index contributed by atoms with van der Waals surface area (Å²) in [6.07, 6.45) is 2.02. The lowest BCUT2D eigenvalue weighted by Gasteiger charge is -2.17. The predicted octanol–water partition coefficient (Wildman–Crippen LogP) is 2.98. The summed E-state index contributed by atoms with van der Waals surface area (Å²) in [5.41, 5.74) is 0.750. The Balaban J connectivity index is 2.43. The van der Waals surface area contributed by atoms with Gasteiger partial charge in [-0.3, -0.25) is 9.36 Å². The van der Waals surface area contributed by atoms with E-state index in [2.05, 4.69) is 4.98 Å². The number of ether oxygens (including phenoxy) is 1. The average molecular weight is 308 g/mol. The molecule has 114 valence electrons. The van der Waals surface area contributed by atoms with E-state index in [1.165, 1.54) is 22.2 Å². The summed E-state index contributed by atoms with van der Waals surface area (Å²) in [5.74, 6) is -0.405. The smallest absolute Gasteiger partial charge is 0.329 e. The summed E-state index contributed by atoms with van der Waals surface area (Å²) in [5, 5.41) is 0.600. The quantitative estimate of drug-likeness (QED) is 0.815. The van der Waals surface area contributed by atoms with E-state index in [9.17, 15) is 9.59 Å². The third-order valence-corrected chi connectivity index (χ3v) is 4.88. The fraction of sp³-hybridized carbons (Fsp3) is 0.533. The lowest BCUT2D eigenvalue weighted by Crippen LogP contribution is -2.31. The molecular formula is C15H20N2O3S. The van der Waals surface area contributed by atoms with Crippen LogP contribution in [-0.4, -0.2) is 21.6 Å². The Labute approximate surface area is 127 Å². The van der Waals surface area contributed by atoms with Gasteiger partial charge in [-0.1, -0.05) is 6.92 Å². The summed E-state index contributed by atoms with van der Waals surface area (Å²) < 4.78 is 6.65. The zero-order valence-corrected chi connectivity index (χ0v) is 13.8. The molecule has 0 spiro atoms. The molecule has 0 saturated carbocycles.